The van der Waals surface area contributed by atoms with Crippen molar-refractivity contribution >= 4 is 17.3 Å². The number of hydrogen-bond donors (Lipinski definition) is 3. The Balaban J connectivity index is 1.55. The van der Waals surface area contributed by atoms with Crippen LogP contribution < -0.4 is 5.32 Å². The summed E-state index contributed by atoms with van der Waals surface area (Å²) in [7, 11) is 0. The average molecular weight is 309 g/mol. The largest absolute Gasteiger partial charge is 0.481 e. The summed E-state index contributed by atoms with van der Waals surface area (Å²) >= 11 is 1.83. The maximum Gasteiger partial charge on any atom is 0.306 e. The highest BCUT2D eigenvalue weighted by molar-refractivity contribution is 7.10. The minimum atomic E-state index is -0.737. The second-order valence-corrected chi connectivity index (χ2v) is 7.46. The topological polar surface area (TPSA) is 69.6 Å². The quantitative estimate of drug-likeness (QED) is 0.800. The molecule has 1 aromatic rings. The predicted octanol–water partition coefficient (Wildman–Crippen LogP) is 2.72. The maximum absolute atomic E-state index is 11.0. The summed E-state index contributed by atoms with van der Waals surface area (Å²) in [5.41, 5.74) is 0.661. The lowest BCUT2D eigenvalue weighted by atomic mass is 9.78. The molecule has 0 spiro atoms. The van der Waals surface area contributed by atoms with Gasteiger partial charge in [0.05, 0.1) is 11.5 Å². The normalized spacial score (nSPS) is 32.6. The Morgan fingerprint density at radius 1 is 1.38 bits per heavy atom. The number of carboxylic acid groups (broad SMARTS) is 1. The molecule has 1 unspecified atom stereocenters. The summed E-state index contributed by atoms with van der Waals surface area (Å²) in [5, 5.41) is 25.4. The number of thiophene rings is 1. The van der Waals surface area contributed by atoms with Gasteiger partial charge in [0, 0.05) is 17.5 Å². The molecule has 1 saturated carbocycles. The van der Waals surface area contributed by atoms with Gasteiger partial charge in [0.2, 0.25) is 0 Å². The minimum Gasteiger partial charge on any atom is -0.481 e. The molecule has 0 aromatic carbocycles. The van der Waals surface area contributed by atoms with E-state index in [1.54, 1.807) is 0 Å². The summed E-state index contributed by atoms with van der Waals surface area (Å²) in [6, 6.07) is 2.54. The summed E-state index contributed by atoms with van der Waals surface area (Å²) in [4.78, 5) is 12.5. The molecule has 5 heteroatoms. The molecule has 1 heterocycles. The number of hydrogen-bond acceptors (Lipinski definition) is 4. The van der Waals surface area contributed by atoms with Crippen molar-refractivity contribution in [3.05, 3.63) is 21.9 Å². The highest BCUT2D eigenvalue weighted by Crippen LogP contribution is 2.35. The fraction of sp³-hybridized carbons (Fsp3) is 0.688. The van der Waals surface area contributed by atoms with Crippen molar-refractivity contribution in [2.24, 2.45) is 5.92 Å². The molecule has 0 aliphatic heterocycles. The van der Waals surface area contributed by atoms with Crippen molar-refractivity contribution in [2.45, 2.75) is 56.6 Å². The molecule has 3 N–H and O–H groups in total. The fourth-order valence-electron chi connectivity index (χ4n) is 3.59. The highest BCUT2D eigenvalue weighted by Gasteiger charge is 2.36. The van der Waals surface area contributed by atoms with E-state index in [1.807, 2.05) is 11.3 Å². The van der Waals surface area contributed by atoms with Gasteiger partial charge in [0.1, 0.15) is 0 Å². The number of aliphatic hydroxyl groups is 1. The van der Waals surface area contributed by atoms with E-state index in [4.69, 9.17) is 5.11 Å². The van der Waals surface area contributed by atoms with E-state index in [-0.39, 0.29) is 5.92 Å². The van der Waals surface area contributed by atoms with Gasteiger partial charge in [-0.25, -0.2) is 0 Å². The molecule has 21 heavy (non-hydrogen) atoms. The van der Waals surface area contributed by atoms with E-state index in [1.165, 1.54) is 23.3 Å². The van der Waals surface area contributed by atoms with E-state index in [0.29, 0.717) is 38.3 Å². The number of carbonyl (C=O) groups is 1. The lowest BCUT2D eigenvalue weighted by molar-refractivity contribution is -0.144. The van der Waals surface area contributed by atoms with Gasteiger partial charge in [-0.1, -0.05) is 0 Å². The van der Waals surface area contributed by atoms with Gasteiger partial charge in [-0.05, 0) is 62.0 Å². The second-order valence-electron chi connectivity index (χ2n) is 6.46. The molecule has 0 saturated heterocycles. The maximum atomic E-state index is 11.0. The van der Waals surface area contributed by atoms with Gasteiger partial charge in [0.15, 0.2) is 0 Å². The Morgan fingerprint density at radius 2 is 2.14 bits per heavy atom. The predicted molar refractivity (Wildman–Crippen MR) is 82.5 cm³/mol. The summed E-state index contributed by atoms with van der Waals surface area (Å²) in [6.07, 6.45) is 5.84. The standard InChI is InChI=1S/C16H23NO3S/c18-15(19)11-4-7-16(20,8-5-11)10-17-13-2-1-3-14-12(13)6-9-21-14/h6,9,11,13,17,20H,1-5,7-8,10H2,(H,18,19). The smallest absolute Gasteiger partial charge is 0.306 e. The van der Waals surface area contributed by atoms with Crippen molar-refractivity contribution in [2.75, 3.05) is 6.54 Å². The third kappa shape index (κ3) is 3.30. The molecule has 2 aliphatic carbocycles. The molecular weight excluding hydrogens is 286 g/mol. The lowest BCUT2D eigenvalue weighted by Crippen LogP contribution is -2.45. The van der Waals surface area contributed by atoms with Crippen molar-refractivity contribution < 1.29 is 15.0 Å². The first-order valence-corrected chi connectivity index (χ1v) is 8.70. The van der Waals surface area contributed by atoms with Crippen LogP contribution in [0.4, 0.5) is 0 Å². The van der Waals surface area contributed by atoms with Crippen LogP contribution in [0.5, 0.6) is 0 Å². The Hall–Kier alpha value is -0.910. The van der Waals surface area contributed by atoms with Gasteiger partial charge in [0.25, 0.3) is 0 Å². The first-order chi connectivity index (χ1) is 10.1. The number of aryl methyl sites for hydroxylation is 1. The zero-order valence-corrected chi connectivity index (χ0v) is 13.0. The third-order valence-corrected chi connectivity index (χ3v) is 5.99. The Labute approximate surface area is 129 Å². The molecule has 2 aliphatic rings. The molecule has 0 radical (unpaired) electrons. The number of carboxylic acids is 1. The molecule has 116 valence electrons. The first kappa shape index (κ1) is 15.0. The van der Waals surface area contributed by atoms with Crippen LogP contribution in [-0.2, 0) is 11.2 Å². The highest BCUT2D eigenvalue weighted by atomic mass is 32.1. The molecule has 1 atom stereocenters. The third-order valence-electron chi connectivity index (χ3n) is 5.00. The number of fused-ring (bicyclic) bond motifs is 1. The van der Waals surface area contributed by atoms with Gasteiger partial charge in [-0.15, -0.1) is 11.3 Å². The Bertz CT molecular complexity index is 505. The minimum absolute atomic E-state index is 0.275. The second kappa shape index (κ2) is 6.07. The van der Waals surface area contributed by atoms with Crippen LogP contribution in [-0.4, -0.2) is 28.3 Å². The fourth-order valence-corrected chi connectivity index (χ4v) is 4.58. The summed E-state index contributed by atoms with van der Waals surface area (Å²) < 4.78 is 0. The molecular formula is C16H23NO3S. The molecule has 0 bridgehead atoms. The van der Waals surface area contributed by atoms with E-state index >= 15 is 0 Å². The van der Waals surface area contributed by atoms with Gasteiger partial charge >= 0.3 is 5.97 Å². The number of nitrogens with one attached hydrogen (secondary N) is 1. The van der Waals surface area contributed by atoms with Crippen molar-refractivity contribution in [1.82, 2.24) is 5.32 Å². The summed E-state index contributed by atoms with van der Waals surface area (Å²) in [5.74, 6) is -0.997. The zero-order chi connectivity index (χ0) is 14.9. The zero-order valence-electron chi connectivity index (χ0n) is 12.2. The van der Waals surface area contributed by atoms with Crippen molar-refractivity contribution in [3.63, 3.8) is 0 Å². The van der Waals surface area contributed by atoms with Crippen molar-refractivity contribution in [3.8, 4) is 0 Å². The molecule has 1 aromatic heterocycles. The van der Waals surface area contributed by atoms with E-state index in [9.17, 15) is 9.90 Å². The Kier molecular flexibility index (Phi) is 4.33. The van der Waals surface area contributed by atoms with E-state index in [2.05, 4.69) is 16.8 Å². The van der Waals surface area contributed by atoms with Crippen LogP contribution in [0.1, 0.15) is 55.0 Å². The SMILES string of the molecule is O=C(O)C1CCC(O)(CNC2CCCc3sccc32)CC1. The van der Waals surface area contributed by atoms with Crippen LogP contribution in [0.15, 0.2) is 11.4 Å². The van der Waals surface area contributed by atoms with Gasteiger partial charge in [-0.2, -0.15) is 0 Å². The first-order valence-electron chi connectivity index (χ1n) is 7.82. The van der Waals surface area contributed by atoms with Gasteiger partial charge < -0.3 is 15.5 Å². The molecule has 3 rings (SSSR count). The molecule has 4 nitrogen and oxygen atoms in total. The van der Waals surface area contributed by atoms with E-state index < -0.39 is 11.6 Å². The van der Waals surface area contributed by atoms with Gasteiger partial charge in [-0.3, -0.25) is 4.79 Å². The molecule has 1 fully saturated rings. The van der Waals surface area contributed by atoms with Crippen LogP contribution in [0.2, 0.25) is 0 Å². The van der Waals surface area contributed by atoms with Crippen LogP contribution in [0.25, 0.3) is 0 Å². The monoisotopic (exact) mass is 309 g/mol. The van der Waals surface area contributed by atoms with Crippen molar-refractivity contribution in [1.29, 1.82) is 0 Å². The summed E-state index contributed by atoms with van der Waals surface area (Å²) in [6.45, 7) is 0.569. The number of aliphatic carboxylic acids is 1. The molecule has 0 amide bonds. The van der Waals surface area contributed by atoms with Crippen LogP contribution in [0.3, 0.4) is 0 Å². The Morgan fingerprint density at radius 3 is 2.86 bits per heavy atom. The van der Waals surface area contributed by atoms with Crippen LogP contribution in [0, 0.1) is 5.92 Å². The number of rotatable bonds is 4. The van der Waals surface area contributed by atoms with Crippen LogP contribution >= 0.6 is 11.3 Å². The average Bonchev–Trinajstić information content (AvgIpc) is 2.94. The van der Waals surface area contributed by atoms with E-state index in [0.717, 1.165) is 6.42 Å². The lowest BCUT2D eigenvalue weighted by Gasteiger charge is -2.36.